The molecule has 54 heavy (non-hydrogen) atoms. The normalized spacial score (nSPS) is 21.1. The van der Waals surface area contributed by atoms with Gasteiger partial charge in [-0.3, -0.25) is 19.2 Å². The predicted octanol–water partition coefficient (Wildman–Crippen LogP) is -3.25. The molecule has 2 aliphatic heterocycles. The zero-order chi connectivity index (χ0) is 42.7. The molecule has 2 rings (SSSR count). The van der Waals surface area contributed by atoms with Gasteiger partial charge in [0, 0.05) is 45.5 Å². The van der Waals surface area contributed by atoms with Gasteiger partial charge < -0.3 is 79.5 Å². The molecule has 10 N–H and O–H groups in total. The first-order valence-corrected chi connectivity index (χ1v) is 18.2. The lowest BCUT2D eigenvalue weighted by Crippen LogP contribution is -2.52. The molecular formula is C32H56Br2O20. The standard InChI is InChI=1S/C14H20Br2O8.C6H10O4.C6H10O2.C5H12O5.CH4O/c1-7(17)21-11(5-15)13(23-9(3)19)14(24-10(4)20)12(6-16)22-8(2)18;7-5(3-1-9-3)6(8)4-2-10-4;1-3-5(7)6(8)4-2;6-1-3(8)5(10)4(9)2-7;1-2/h11-14H,5-6H2,1-4H3;3-8H,1-2H2;3-8H,1-2H2;3-10H,1-2H2;2H,1H3/t11-,12-,13+,14+;3-,4-,5+,6+;5-,6-;3-,4+,5?;/m110../s1. The van der Waals surface area contributed by atoms with Crippen LogP contribution in [0.2, 0.25) is 0 Å². The Kier molecular flexibility index (Phi) is 33.3. The number of carbonyl (C=O) groups is 4. The van der Waals surface area contributed by atoms with Gasteiger partial charge in [-0.2, -0.15) is 0 Å². The molecule has 2 heterocycles. The zero-order valence-corrected chi connectivity index (χ0v) is 33.8. The van der Waals surface area contributed by atoms with Crippen LogP contribution in [0.5, 0.6) is 0 Å². The molecule has 13 atom stereocenters. The summed E-state index contributed by atoms with van der Waals surface area (Å²) in [6.07, 6.45) is -9.61. The molecule has 1 unspecified atom stereocenters. The van der Waals surface area contributed by atoms with E-state index in [0.29, 0.717) is 13.2 Å². The Hall–Kier alpha value is -2.16. The molecule has 318 valence electrons. The zero-order valence-electron chi connectivity index (χ0n) is 30.6. The summed E-state index contributed by atoms with van der Waals surface area (Å²) in [7, 11) is 1.00. The number of esters is 4. The molecule has 22 heteroatoms. The van der Waals surface area contributed by atoms with E-state index in [-0.39, 0.29) is 22.9 Å². The molecule has 0 aromatic carbocycles. The third-order valence-corrected chi connectivity index (χ3v) is 7.70. The van der Waals surface area contributed by atoms with Gasteiger partial charge >= 0.3 is 23.9 Å². The maximum atomic E-state index is 11.4. The maximum absolute atomic E-state index is 11.4. The number of carbonyl (C=O) groups excluding carboxylic acids is 4. The summed E-state index contributed by atoms with van der Waals surface area (Å²) in [5.74, 6) is -2.57. The largest absolute Gasteiger partial charge is 0.458 e. The third kappa shape index (κ3) is 25.8. The highest BCUT2D eigenvalue weighted by molar-refractivity contribution is 9.09. The third-order valence-electron chi connectivity index (χ3n) is 6.43. The van der Waals surface area contributed by atoms with Gasteiger partial charge in [-0.1, -0.05) is 44.0 Å². The number of aliphatic hydroxyl groups excluding tert-OH is 10. The van der Waals surface area contributed by atoms with Crippen LogP contribution in [0.15, 0.2) is 25.3 Å². The minimum absolute atomic E-state index is 0.109. The monoisotopic (exact) mass is 918 g/mol. The van der Waals surface area contributed by atoms with Crippen LogP contribution < -0.4 is 0 Å². The van der Waals surface area contributed by atoms with E-state index < -0.39 is 104 Å². The molecule has 20 nitrogen and oxygen atoms in total. The Morgan fingerprint density at radius 3 is 1.06 bits per heavy atom. The highest BCUT2D eigenvalue weighted by Crippen LogP contribution is 2.24. The van der Waals surface area contributed by atoms with Gasteiger partial charge in [0.2, 0.25) is 0 Å². The number of halogens is 2. The summed E-state index contributed by atoms with van der Waals surface area (Å²) in [6, 6.07) is 0. The minimum atomic E-state index is -1.49. The van der Waals surface area contributed by atoms with Crippen molar-refractivity contribution in [2.45, 2.75) is 107 Å². The summed E-state index contributed by atoms with van der Waals surface area (Å²) in [6.45, 7) is 11.1. The van der Waals surface area contributed by atoms with Gasteiger partial charge in [0.05, 0.1) is 26.4 Å². The molecule has 0 aromatic heterocycles. The van der Waals surface area contributed by atoms with E-state index >= 15 is 0 Å². The van der Waals surface area contributed by atoms with Crippen LogP contribution in [0.1, 0.15) is 27.7 Å². The van der Waals surface area contributed by atoms with E-state index in [1.165, 1.54) is 26.0 Å². The fraction of sp³-hybridized carbons (Fsp3) is 0.750. The fourth-order valence-corrected chi connectivity index (χ4v) is 4.59. The van der Waals surface area contributed by atoms with Gasteiger partial charge in [-0.15, -0.1) is 13.2 Å². The quantitative estimate of drug-likeness (QED) is 0.0200. The van der Waals surface area contributed by atoms with E-state index in [1.807, 2.05) is 0 Å². The molecule has 0 saturated carbocycles. The van der Waals surface area contributed by atoms with Crippen molar-refractivity contribution in [1.82, 2.24) is 0 Å². The van der Waals surface area contributed by atoms with E-state index in [2.05, 4.69) is 45.0 Å². The summed E-state index contributed by atoms with van der Waals surface area (Å²) >= 11 is 6.33. The highest BCUT2D eigenvalue weighted by atomic mass is 79.9. The van der Waals surface area contributed by atoms with Crippen molar-refractivity contribution < 1.29 is 98.7 Å². The number of alkyl halides is 2. The molecule has 2 aliphatic rings. The smallest absolute Gasteiger partial charge is 0.303 e. The number of aliphatic hydroxyl groups is 10. The summed E-state index contributed by atoms with van der Waals surface area (Å²) in [5, 5.41) is 85.6. The Morgan fingerprint density at radius 1 is 0.630 bits per heavy atom. The van der Waals surface area contributed by atoms with E-state index in [9.17, 15) is 29.4 Å². The second kappa shape index (κ2) is 32.0. The molecule has 0 aliphatic carbocycles. The average Bonchev–Trinajstić information content (AvgIpc) is 4.08. The lowest BCUT2D eigenvalue weighted by atomic mass is 10.0. The first kappa shape index (κ1) is 56.2. The van der Waals surface area contributed by atoms with Gasteiger partial charge in [0.1, 0.15) is 54.9 Å². The van der Waals surface area contributed by atoms with Crippen LogP contribution in [0.4, 0.5) is 0 Å². The van der Waals surface area contributed by atoms with E-state index in [4.69, 9.17) is 69.3 Å². The number of rotatable bonds is 19. The van der Waals surface area contributed by atoms with Crippen molar-refractivity contribution >= 4 is 55.7 Å². The number of epoxide rings is 2. The van der Waals surface area contributed by atoms with E-state index in [1.54, 1.807) is 0 Å². The molecule has 0 amide bonds. The van der Waals surface area contributed by atoms with Crippen molar-refractivity contribution in [3.8, 4) is 0 Å². The molecular weight excluding hydrogens is 864 g/mol. The van der Waals surface area contributed by atoms with Crippen molar-refractivity contribution in [3.05, 3.63) is 25.3 Å². The number of hydrogen-bond donors (Lipinski definition) is 10. The molecule has 0 spiro atoms. The molecule has 2 fully saturated rings. The second-order valence-corrected chi connectivity index (χ2v) is 12.2. The van der Waals surface area contributed by atoms with Crippen LogP contribution in [0.25, 0.3) is 0 Å². The lowest BCUT2D eigenvalue weighted by molar-refractivity contribution is -0.194. The number of ether oxygens (including phenoxy) is 6. The summed E-state index contributed by atoms with van der Waals surface area (Å²) in [5.41, 5.74) is 0. The van der Waals surface area contributed by atoms with Gasteiger partial charge in [-0.25, -0.2) is 0 Å². The van der Waals surface area contributed by atoms with E-state index in [0.717, 1.165) is 21.0 Å². The fourth-order valence-electron chi connectivity index (χ4n) is 3.59. The van der Waals surface area contributed by atoms with Crippen LogP contribution in [-0.4, -0.2) is 198 Å². The SMILES string of the molecule is C=C[C@H](O)[C@@H](O)C=C.CC(=O)O[C@H]([C@@H](OC(C)=O)[C@@H](CBr)OC(C)=O)[C@@H](CBr)OC(C)=O.CO.OC[C@@H](O)C(O)[C@@H](O)CO.O[C@H]([C@@H](O)[C@H]1CO1)[C@H]1CO1. The van der Waals surface area contributed by atoms with Crippen molar-refractivity contribution in [2.24, 2.45) is 0 Å². The molecule has 0 aromatic rings. The predicted molar refractivity (Wildman–Crippen MR) is 194 cm³/mol. The van der Waals surface area contributed by atoms with Crippen LogP contribution in [0.3, 0.4) is 0 Å². The summed E-state index contributed by atoms with van der Waals surface area (Å²) < 4.78 is 30.2. The van der Waals surface area contributed by atoms with Crippen molar-refractivity contribution in [1.29, 1.82) is 0 Å². The van der Waals surface area contributed by atoms with Crippen LogP contribution in [-0.2, 0) is 47.6 Å². The lowest BCUT2D eigenvalue weighted by Gasteiger charge is -2.34. The van der Waals surface area contributed by atoms with Crippen LogP contribution in [0, 0.1) is 0 Å². The molecule has 0 radical (unpaired) electrons. The van der Waals surface area contributed by atoms with Crippen LogP contribution >= 0.6 is 31.9 Å². The van der Waals surface area contributed by atoms with Gasteiger partial charge in [0.15, 0.2) is 24.4 Å². The number of hydrogen-bond acceptors (Lipinski definition) is 20. The topological polar surface area (TPSA) is 333 Å². The van der Waals surface area contributed by atoms with Crippen molar-refractivity contribution in [2.75, 3.05) is 44.2 Å². The van der Waals surface area contributed by atoms with Gasteiger partial charge in [0.25, 0.3) is 0 Å². The average molecular weight is 921 g/mol. The first-order valence-electron chi connectivity index (χ1n) is 16.0. The molecule has 0 bridgehead atoms. The Morgan fingerprint density at radius 2 is 0.889 bits per heavy atom. The maximum Gasteiger partial charge on any atom is 0.303 e. The minimum Gasteiger partial charge on any atom is -0.458 e. The Balaban J connectivity index is -0.000000710. The Bertz CT molecular complexity index is 981. The van der Waals surface area contributed by atoms with Crippen molar-refractivity contribution in [3.63, 3.8) is 0 Å². The van der Waals surface area contributed by atoms with Gasteiger partial charge in [-0.05, 0) is 0 Å². The highest BCUT2D eigenvalue weighted by Gasteiger charge is 2.44. The second-order valence-electron chi connectivity index (χ2n) is 10.9. The first-order chi connectivity index (χ1) is 25.3. The molecule has 2 saturated heterocycles. The Labute approximate surface area is 330 Å². The summed E-state index contributed by atoms with van der Waals surface area (Å²) in [4.78, 5) is 45.5.